The third-order valence-corrected chi connectivity index (χ3v) is 2.91. The molecule has 0 spiro atoms. The van der Waals surface area contributed by atoms with Gasteiger partial charge < -0.3 is 5.73 Å². The molecular weight excluding hydrogens is 253 g/mol. The second kappa shape index (κ2) is 5.89. The predicted octanol–water partition coefficient (Wildman–Crippen LogP) is 2.36. The zero-order valence-electron chi connectivity index (χ0n) is 9.74. The zero-order chi connectivity index (χ0) is 13.0. The predicted molar refractivity (Wildman–Crippen MR) is 69.0 cm³/mol. The minimum Gasteiger partial charge on any atom is -0.330 e. The summed E-state index contributed by atoms with van der Waals surface area (Å²) in [5.41, 5.74) is 6.75. The highest BCUT2D eigenvalue weighted by Crippen LogP contribution is 2.21. The van der Waals surface area contributed by atoms with E-state index in [0.29, 0.717) is 29.4 Å². The molecule has 0 radical (unpaired) electrons. The number of hydrogen-bond donors (Lipinski definition) is 1. The fourth-order valence-electron chi connectivity index (χ4n) is 1.67. The first kappa shape index (κ1) is 12.9. The molecule has 5 heteroatoms. The SMILES string of the molecule is NCCc1ccnc(Cc2c(F)cccc2Cl)n1. The molecule has 2 rings (SSSR count). The number of rotatable bonds is 4. The summed E-state index contributed by atoms with van der Waals surface area (Å²) >= 11 is 5.96. The van der Waals surface area contributed by atoms with E-state index in [-0.39, 0.29) is 12.2 Å². The second-order valence-electron chi connectivity index (χ2n) is 3.88. The fourth-order valence-corrected chi connectivity index (χ4v) is 1.90. The van der Waals surface area contributed by atoms with E-state index < -0.39 is 0 Å². The van der Waals surface area contributed by atoms with Crippen molar-refractivity contribution in [3.8, 4) is 0 Å². The van der Waals surface area contributed by atoms with Crippen LogP contribution in [-0.2, 0) is 12.8 Å². The van der Waals surface area contributed by atoms with Gasteiger partial charge in [-0.15, -0.1) is 0 Å². The molecule has 0 saturated carbocycles. The van der Waals surface area contributed by atoms with Crippen molar-refractivity contribution in [2.75, 3.05) is 6.54 Å². The van der Waals surface area contributed by atoms with E-state index in [9.17, 15) is 4.39 Å². The minimum atomic E-state index is -0.338. The van der Waals surface area contributed by atoms with Gasteiger partial charge in [-0.2, -0.15) is 0 Å². The summed E-state index contributed by atoms with van der Waals surface area (Å²) in [6.45, 7) is 0.525. The largest absolute Gasteiger partial charge is 0.330 e. The van der Waals surface area contributed by atoms with Crippen LogP contribution in [0.15, 0.2) is 30.5 Å². The smallest absolute Gasteiger partial charge is 0.133 e. The van der Waals surface area contributed by atoms with E-state index >= 15 is 0 Å². The van der Waals surface area contributed by atoms with Crippen molar-refractivity contribution in [2.24, 2.45) is 5.73 Å². The molecule has 0 amide bonds. The highest BCUT2D eigenvalue weighted by Gasteiger charge is 2.09. The molecule has 0 aliphatic rings. The maximum absolute atomic E-state index is 13.6. The Kier molecular flexibility index (Phi) is 4.23. The summed E-state index contributed by atoms with van der Waals surface area (Å²) < 4.78 is 13.6. The number of benzene rings is 1. The average molecular weight is 266 g/mol. The van der Waals surface area contributed by atoms with Gasteiger partial charge in [-0.25, -0.2) is 14.4 Å². The summed E-state index contributed by atoms with van der Waals surface area (Å²) in [7, 11) is 0. The van der Waals surface area contributed by atoms with Crippen molar-refractivity contribution in [1.82, 2.24) is 9.97 Å². The molecule has 3 nitrogen and oxygen atoms in total. The van der Waals surface area contributed by atoms with Crippen LogP contribution in [0.25, 0.3) is 0 Å². The van der Waals surface area contributed by atoms with Gasteiger partial charge in [-0.1, -0.05) is 17.7 Å². The first-order valence-electron chi connectivity index (χ1n) is 5.64. The molecule has 0 aliphatic carbocycles. The lowest BCUT2D eigenvalue weighted by atomic mass is 10.1. The van der Waals surface area contributed by atoms with Crippen LogP contribution < -0.4 is 5.73 Å². The molecule has 0 unspecified atom stereocenters. The van der Waals surface area contributed by atoms with Crippen LogP contribution in [0.2, 0.25) is 5.02 Å². The van der Waals surface area contributed by atoms with E-state index in [1.165, 1.54) is 6.07 Å². The van der Waals surface area contributed by atoms with Crippen molar-refractivity contribution in [3.05, 3.63) is 58.4 Å². The lowest BCUT2D eigenvalue weighted by molar-refractivity contribution is 0.612. The topological polar surface area (TPSA) is 51.8 Å². The molecule has 2 N–H and O–H groups in total. The first-order valence-corrected chi connectivity index (χ1v) is 6.02. The molecule has 1 aromatic heterocycles. The molecule has 18 heavy (non-hydrogen) atoms. The molecule has 0 aliphatic heterocycles. The summed E-state index contributed by atoms with van der Waals surface area (Å²) in [6.07, 6.45) is 2.62. The Balaban J connectivity index is 2.26. The van der Waals surface area contributed by atoms with E-state index in [0.717, 1.165) is 5.69 Å². The van der Waals surface area contributed by atoms with Crippen LogP contribution in [0.3, 0.4) is 0 Å². The Hall–Kier alpha value is -1.52. The van der Waals surface area contributed by atoms with Gasteiger partial charge in [0, 0.05) is 35.3 Å². The summed E-state index contributed by atoms with van der Waals surface area (Å²) in [6, 6.07) is 6.42. The number of aromatic nitrogens is 2. The summed E-state index contributed by atoms with van der Waals surface area (Å²) in [5.74, 6) is 0.211. The van der Waals surface area contributed by atoms with Crippen LogP contribution in [0.5, 0.6) is 0 Å². The Morgan fingerprint density at radius 2 is 2.11 bits per heavy atom. The van der Waals surface area contributed by atoms with Gasteiger partial charge in [0.05, 0.1) is 0 Å². The van der Waals surface area contributed by atoms with Crippen molar-refractivity contribution in [1.29, 1.82) is 0 Å². The Bertz CT molecular complexity index is 525. The number of nitrogens with two attached hydrogens (primary N) is 1. The van der Waals surface area contributed by atoms with Gasteiger partial charge in [0.25, 0.3) is 0 Å². The van der Waals surface area contributed by atoms with Crippen molar-refractivity contribution in [3.63, 3.8) is 0 Å². The number of hydrogen-bond acceptors (Lipinski definition) is 3. The van der Waals surface area contributed by atoms with Crippen LogP contribution in [0.1, 0.15) is 17.1 Å². The van der Waals surface area contributed by atoms with E-state index in [1.54, 1.807) is 24.4 Å². The highest BCUT2D eigenvalue weighted by atomic mass is 35.5. The number of nitrogens with zero attached hydrogens (tertiary/aromatic N) is 2. The van der Waals surface area contributed by atoms with Gasteiger partial charge in [0.15, 0.2) is 0 Å². The summed E-state index contributed by atoms with van der Waals surface area (Å²) in [4.78, 5) is 8.45. The number of halogens is 2. The molecule has 0 bridgehead atoms. The average Bonchev–Trinajstić information content (AvgIpc) is 2.35. The maximum Gasteiger partial charge on any atom is 0.133 e. The molecule has 0 saturated heterocycles. The Labute approximate surface area is 110 Å². The van der Waals surface area contributed by atoms with Crippen LogP contribution in [0.4, 0.5) is 4.39 Å². The summed E-state index contributed by atoms with van der Waals surface area (Å²) in [5, 5.41) is 0.392. The molecule has 0 fully saturated rings. The first-order chi connectivity index (χ1) is 8.70. The standard InChI is InChI=1S/C13H13ClFN3/c14-11-2-1-3-12(15)10(11)8-13-17-7-5-9(18-13)4-6-16/h1-3,5,7H,4,6,8,16H2. The Morgan fingerprint density at radius 3 is 2.83 bits per heavy atom. The zero-order valence-corrected chi connectivity index (χ0v) is 10.5. The molecule has 1 aromatic carbocycles. The lowest BCUT2D eigenvalue weighted by Crippen LogP contribution is -2.07. The monoisotopic (exact) mass is 265 g/mol. The maximum atomic E-state index is 13.6. The molecule has 2 aromatic rings. The van der Waals surface area contributed by atoms with E-state index in [1.807, 2.05) is 0 Å². The van der Waals surface area contributed by atoms with Crippen LogP contribution in [0, 0.1) is 5.82 Å². The fraction of sp³-hybridized carbons (Fsp3) is 0.231. The lowest BCUT2D eigenvalue weighted by Gasteiger charge is -2.06. The van der Waals surface area contributed by atoms with Crippen LogP contribution >= 0.6 is 11.6 Å². The van der Waals surface area contributed by atoms with Crippen molar-refractivity contribution in [2.45, 2.75) is 12.8 Å². The highest BCUT2D eigenvalue weighted by molar-refractivity contribution is 6.31. The van der Waals surface area contributed by atoms with Gasteiger partial charge >= 0.3 is 0 Å². The second-order valence-corrected chi connectivity index (χ2v) is 4.29. The van der Waals surface area contributed by atoms with Gasteiger partial charge in [0.2, 0.25) is 0 Å². The third kappa shape index (κ3) is 3.03. The molecule has 94 valence electrons. The molecular formula is C13H13ClFN3. The van der Waals surface area contributed by atoms with Crippen molar-refractivity contribution < 1.29 is 4.39 Å². The minimum absolute atomic E-state index is 0.282. The molecule has 1 heterocycles. The van der Waals surface area contributed by atoms with Crippen LogP contribution in [-0.4, -0.2) is 16.5 Å². The van der Waals surface area contributed by atoms with E-state index in [4.69, 9.17) is 17.3 Å². The normalized spacial score (nSPS) is 10.6. The third-order valence-electron chi connectivity index (χ3n) is 2.56. The Morgan fingerprint density at radius 1 is 1.28 bits per heavy atom. The molecule has 0 atom stereocenters. The quantitative estimate of drug-likeness (QED) is 0.923. The van der Waals surface area contributed by atoms with Gasteiger partial charge in [0.1, 0.15) is 11.6 Å². The van der Waals surface area contributed by atoms with Gasteiger partial charge in [-0.05, 0) is 24.7 Å². The van der Waals surface area contributed by atoms with Crippen molar-refractivity contribution >= 4 is 11.6 Å². The van der Waals surface area contributed by atoms with E-state index in [2.05, 4.69) is 9.97 Å². The van der Waals surface area contributed by atoms with Gasteiger partial charge in [-0.3, -0.25) is 0 Å².